The fourth-order valence-electron chi connectivity index (χ4n) is 3.19. The van der Waals surface area contributed by atoms with E-state index >= 15 is 0 Å². The van der Waals surface area contributed by atoms with Crippen LogP contribution in [0.1, 0.15) is 23.1 Å². The molecule has 1 aromatic carbocycles. The van der Waals surface area contributed by atoms with Crippen molar-refractivity contribution in [2.45, 2.75) is 18.0 Å². The van der Waals surface area contributed by atoms with Crippen LogP contribution >= 0.6 is 11.8 Å². The SMILES string of the molecule is CCOC(=O)c1nccc(SC)c1Oc1cc(-n2c(=O)cc(C(F)(F)F)n(C)c2=O)c(F)cc1[N+](=O)[O-]. The molecule has 0 saturated heterocycles. The van der Waals surface area contributed by atoms with Crippen LogP contribution in [0.15, 0.2) is 44.9 Å². The molecule has 0 bridgehead atoms. The number of nitrogens with zero attached hydrogens (tertiary/aromatic N) is 4. The van der Waals surface area contributed by atoms with Crippen LogP contribution in [0, 0.1) is 15.9 Å². The number of alkyl halides is 3. The van der Waals surface area contributed by atoms with Crippen molar-refractivity contribution in [1.82, 2.24) is 14.1 Å². The lowest BCUT2D eigenvalue weighted by molar-refractivity contribution is -0.385. The zero-order chi connectivity index (χ0) is 27.7. The monoisotopic (exact) mass is 544 g/mol. The molecule has 0 aliphatic heterocycles. The van der Waals surface area contributed by atoms with Crippen LogP contribution in [0.5, 0.6) is 11.5 Å². The molecule has 0 unspecified atom stereocenters. The molecule has 2 aromatic heterocycles. The van der Waals surface area contributed by atoms with Gasteiger partial charge in [-0.15, -0.1) is 11.8 Å². The maximum Gasteiger partial charge on any atom is 0.431 e. The molecule has 11 nitrogen and oxygen atoms in total. The minimum Gasteiger partial charge on any atom is -0.461 e. The predicted octanol–water partition coefficient (Wildman–Crippen LogP) is 3.69. The number of rotatable bonds is 7. The van der Waals surface area contributed by atoms with Gasteiger partial charge in [-0.1, -0.05) is 0 Å². The van der Waals surface area contributed by atoms with Crippen LogP contribution < -0.4 is 16.0 Å². The number of esters is 1. The largest absolute Gasteiger partial charge is 0.461 e. The van der Waals surface area contributed by atoms with Crippen molar-refractivity contribution in [2.24, 2.45) is 7.05 Å². The highest BCUT2D eigenvalue weighted by Gasteiger charge is 2.35. The molecule has 0 aliphatic rings. The third kappa shape index (κ3) is 5.32. The number of aromatic nitrogens is 3. The van der Waals surface area contributed by atoms with E-state index in [1.807, 2.05) is 0 Å². The van der Waals surface area contributed by atoms with E-state index in [4.69, 9.17) is 9.47 Å². The molecule has 0 radical (unpaired) electrons. The fraction of sp³-hybridized carbons (Fsp3) is 0.238. The summed E-state index contributed by atoms with van der Waals surface area (Å²) >= 11 is 1.06. The number of halogens is 4. The summed E-state index contributed by atoms with van der Waals surface area (Å²) in [6, 6.07) is 2.41. The molecule has 0 amide bonds. The first-order chi connectivity index (χ1) is 17.3. The molecule has 0 aliphatic carbocycles. The molecule has 3 rings (SSSR count). The van der Waals surface area contributed by atoms with Gasteiger partial charge in [0.25, 0.3) is 5.56 Å². The summed E-state index contributed by atoms with van der Waals surface area (Å²) in [6.45, 7) is 1.49. The Bertz CT molecular complexity index is 1520. The summed E-state index contributed by atoms with van der Waals surface area (Å²) in [7, 11) is 0.716. The molecule has 37 heavy (non-hydrogen) atoms. The van der Waals surface area contributed by atoms with E-state index in [0.717, 1.165) is 11.8 Å². The summed E-state index contributed by atoms with van der Waals surface area (Å²) in [6.07, 6.45) is -2.22. The second-order valence-corrected chi connectivity index (χ2v) is 7.93. The second kappa shape index (κ2) is 10.4. The third-order valence-corrected chi connectivity index (χ3v) is 5.61. The molecule has 0 fully saturated rings. The molecule has 16 heteroatoms. The van der Waals surface area contributed by atoms with Crippen molar-refractivity contribution < 1.29 is 36.8 Å². The Kier molecular flexibility index (Phi) is 7.71. The van der Waals surface area contributed by atoms with Gasteiger partial charge >= 0.3 is 23.5 Å². The normalized spacial score (nSPS) is 11.3. The Balaban J connectivity index is 2.30. The summed E-state index contributed by atoms with van der Waals surface area (Å²) < 4.78 is 65.1. The number of benzene rings is 1. The van der Waals surface area contributed by atoms with Gasteiger partial charge in [0.1, 0.15) is 5.69 Å². The van der Waals surface area contributed by atoms with Crippen molar-refractivity contribution in [3.05, 3.63) is 78.6 Å². The fourth-order valence-corrected chi connectivity index (χ4v) is 3.71. The van der Waals surface area contributed by atoms with Crippen molar-refractivity contribution in [2.75, 3.05) is 12.9 Å². The Morgan fingerprint density at radius 1 is 1.24 bits per heavy atom. The predicted molar refractivity (Wildman–Crippen MR) is 121 cm³/mol. The quantitative estimate of drug-likeness (QED) is 0.143. The van der Waals surface area contributed by atoms with Crippen LogP contribution in [0.2, 0.25) is 0 Å². The number of nitro groups is 1. The van der Waals surface area contributed by atoms with Gasteiger partial charge in [-0.25, -0.2) is 23.5 Å². The highest BCUT2D eigenvalue weighted by atomic mass is 32.2. The molecular formula is C21H16F4N4O7S. The minimum atomic E-state index is -5.06. The zero-order valence-corrected chi connectivity index (χ0v) is 20.0. The van der Waals surface area contributed by atoms with Crippen molar-refractivity contribution in [3.63, 3.8) is 0 Å². The van der Waals surface area contributed by atoms with Gasteiger partial charge in [-0.2, -0.15) is 13.2 Å². The standard InChI is InChI=1S/C21H16F4N4O7S/c1-4-35-19(31)17-18(14(37-3)5-6-26-17)36-13-8-11(10(22)7-12(13)29(33)34)28-16(30)9-15(21(23,24)25)27(2)20(28)32/h5-9H,4H2,1-3H3. The average molecular weight is 544 g/mol. The highest BCUT2D eigenvalue weighted by Crippen LogP contribution is 2.39. The maximum absolute atomic E-state index is 14.9. The van der Waals surface area contributed by atoms with Crippen LogP contribution in [0.3, 0.4) is 0 Å². The first-order valence-electron chi connectivity index (χ1n) is 10.1. The van der Waals surface area contributed by atoms with E-state index in [2.05, 4.69) is 4.98 Å². The van der Waals surface area contributed by atoms with Gasteiger partial charge in [0.15, 0.2) is 17.3 Å². The van der Waals surface area contributed by atoms with Crippen LogP contribution in [0.4, 0.5) is 23.2 Å². The molecule has 0 atom stereocenters. The second-order valence-electron chi connectivity index (χ2n) is 7.08. The van der Waals surface area contributed by atoms with Gasteiger partial charge in [0, 0.05) is 25.4 Å². The lowest BCUT2D eigenvalue weighted by Crippen LogP contribution is -2.41. The third-order valence-electron chi connectivity index (χ3n) is 4.85. The minimum absolute atomic E-state index is 0.0373. The van der Waals surface area contributed by atoms with Crippen LogP contribution in [-0.4, -0.2) is 37.9 Å². The first-order valence-corrected chi connectivity index (χ1v) is 11.3. The molecule has 196 valence electrons. The van der Waals surface area contributed by atoms with E-state index in [0.29, 0.717) is 19.2 Å². The molecule has 0 spiro atoms. The number of thioether (sulfide) groups is 1. The molecule has 0 N–H and O–H groups in total. The van der Waals surface area contributed by atoms with E-state index in [-0.39, 0.29) is 38.1 Å². The number of carbonyl (C=O) groups excluding carboxylic acids is 1. The maximum atomic E-state index is 14.9. The number of nitro benzene ring substituents is 1. The van der Waals surface area contributed by atoms with Gasteiger partial charge in [0.05, 0.1) is 28.2 Å². The number of hydrogen-bond donors (Lipinski definition) is 0. The van der Waals surface area contributed by atoms with Gasteiger partial charge < -0.3 is 9.47 Å². The van der Waals surface area contributed by atoms with Gasteiger partial charge in [0.2, 0.25) is 5.75 Å². The van der Waals surface area contributed by atoms with E-state index in [1.165, 1.54) is 19.2 Å². The number of carbonyl (C=O) groups is 1. The Labute approximate surface area is 208 Å². The number of pyridine rings is 1. The summed E-state index contributed by atoms with van der Waals surface area (Å²) in [4.78, 5) is 52.2. The van der Waals surface area contributed by atoms with Crippen LogP contribution in [-0.2, 0) is 18.0 Å². The van der Waals surface area contributed by atoms with Crippen molar-refractivity contribution >= 4 is 23.4 Å². The Hall–Kier alpha value is -4.21. The van der Waals surface area contributed by atoms with E-state index in [1.54, 1.807) is 6.26 Å². The first kappa shape index (κ1) is 27.4. The lowest BCUT2D eigenvalue weighted by Gasteiger charge is -2.16. The smallest absolute Gasteiger partial charge is 0.431 e. The zero-order valence-electron chi connectivity index (χ0n) is 19.2. The summed E-state index contributed by atoms with van der Waals surface area (Å²) in [5.74, 6) is -3.45. The molecule has 2 heterocycles. The molecule has 0 saturated carbocycles. The Morgan fingerprint density at radius 2 is 1.92 bits per heavy atom. The molecular weight excluding hydrogens is 528 g/mol. The lowest BCUT2D eigenvalue weighted by atomic mass is 10.2. The Morgan fingerprint density at radius 3 is 2.49 bits per heavy atom. The van der Waals surface area contributed by atoms with Crippen molar-refractivity contribution in [3.8, 4) is 17.2 Å². The summed E-state index contributed by atoms with van der Waals surface area (Å²) in [5, 5.41) is 11.6. The number of hydrogen-bond acceptors (Lipinski definition) is 9. The van der Waals surface area contributed by atoms with Crippen LogP contribution in [0.25, 0.3) is 5.69 Å². The molecule has 3 aromatic rings. The highest BCUT2D eigenvalue weighted by molar-refractivity contribution is 7.98. The van der Waals surface area contributed by atoms with E-state index < -0.39 is 57.0 Å². The van der Waals surface area contributed by atoms with Gasteiger partial charge in [-0.05, 0) is 19.2 Å². The topological polar surface area (TPSA) is 136 Å². The van der Waals surface area contributed by atoms with Gasteiger partial charge in [-0.3, -0.25) is 19.5 Å². The number of ether oxygens (including phenoxy) is 2. The van der Waals surface area contributed by atoms with Crippen molar-refractivity contribution in [1.29, 1.82) is 0 Å². The average Bonchev–Trinajstić information content (AvgIpc) is 2.82. The van der Waals surface area contributed by atoms with E-state index in [9.17, 15) is 42.1 Å². The summed E-state index contributed by atoms with van der Waals surface area (Å²) in [5.41, 5.74) is -6.98.